The summed E-state index contributed by atoms with van der Waals surface area (Å²) in [6.07, 6.45) is 2.19. The third-order valence-corrected chi connectivity index (χ3v) is 3.48. The van der Waals surface area contributed by atoms with Gasteiger partial charge in [0.15, 0.2) is 0 Å². The Morgan fingerprint density at radius 2 is 2.00 bits per heavy atom. The first-order valence-electron chi connectivity index (χ1n) is 6.44. The van der Waals surface area contributed by atoms with Crippen molar-refractivity contribution in [3.05, 3.63) is 47.7 Å². The summed E-state index contributed by atoms with van der Waals surface area (Å²) in [5.41, 5.74) is 1.27. The molecule has 1 saturated carbocycles. The van der Waals surface area contributed by atoms with E-state index in [9.17, 15) is 0 Å². The lowest BCUT2D eigenvalue weighted by Gasteiger charge is -2.10. The first-order valence-corrected chi connectivity index (χ1v) is 6.44. The Hall–Kier alpha value is -1.68. The molecule has 1 aromatic carbocycles. The summed E-state index contributed by atoms with van der Waals surface area (Å²) in [7, 11) is 0. The highest BCUT2D eigenvalue weighted by Crippen LogP contribution is 2.52. The molecule has 1 fully saturated rings. The third-order valence-electron chi connectivity index (χ3n) is 3.48. The Kier molecular flexibility index (Phi) is 2.88. The number of hydrogen-bond acceptors (Lipinski definition) is 4. The molecule has 0 radical (unpaired) electrons. The number of hydrogen-bond donors (Lipinski definition) is 1. The van der Waals surface area contributed by atoms with E-state index in [1.54, 1.807) is 0 Å². The van der Waals surface area contributed by atoms with Gasteiger partial charge in [0, 0.05) is 0 Å². The van der Waals surface area contributed by atoms with Crippen LogP contribution in [-0.4, -0.2) is 16.7 Å². The fourth-order valence-electron chi connectivity index (χ4n) is 2.26. The van der Waals surface area contributed by atoms with E-state index in [-0.39, 0.29) is 5.41 Å². The maximum atomic E-state index is 5.78. The van der Waals surface area contributed by atoms with Crippen LogP contribution in [0, 0.1) is 0 Å². The Labute approximate surface area is 106 Å². The van der Waals surface area contributed by atoms with Crippen molar-refractivity contribution >= 4 is 0 Å². The molecule has 0 unspecified atom stereocenters. The van der Waals surface area contributed by atoms with Crippen molar-refractivity contribution in [1.29, 1.82) is 0 Å². The van der Waals surface area contributed by atoms with Gasteiger partial charge in [-0.15, -0.1) is 10.2 Å². The van der Waals surface area contributed by atoms with Crippen molar-refractivity contribution in [1.82, 2.24) is 15.5 Å². The summed E-state index contributed by atoms with van der Waals surface area (Å²) in [4.78, 5) is 0. The molecule has 4 nitrogen and oxygen atoms in total. The fraction of sp³-hybridized carbons (Fsp3) is 0.429. The smallest absolute Gasteiger partial charge is 0.230 e. The third kappa shape index (κ3) is 1.93. The average Bonchev–Trinajstić information content (AvgIpc) is 3.10. The molecule has 2 aromatic rings. The maximum Gasteiger partial charge on any atom is 0.230 e. The Bertz CT molecular complexity index is 517. The molecule has 1 aliphatic carbocycles. The van der Waals surface area contributed by atoms with Crippen molar-refractivity contribution in [3.8, 4) is 0 Å². The second-order valence-electron chi connectivity index (χ2n) is 4.73. The number of aromatic nitrogens is 2. The van der Waals surface area contributed by atoms with Gasteiger partial charge in [-0.25, -0.2) is 0 Å². The Morgan fingerprint density at radius 3 is 2.67 bits per heavy atom. The summed E-state index contributed by atoms with van der Waals surface area (Å²) >= 11 is 0. The van der Waals surface area contributed by atoms with E-state index in [1.165, 1.54) is 5.56 Å². The van der Waals surface area contributed by atoms with Crippen molar-refractivity contribution < 1.29 is 4.42 Å². The average molecular weight is 243 g/mol. The molecule has 1 heterocycles. The first-order chi connectivity index (χ1) is 8.85. The van der Waals surface area contributed by atoms with Gasteiger partial charge >= 0.3 is 0 Å². The zero-order chi connectivity index (χ0) is 12.4. The van der Waals surface area contributed by atoms with Gasteiger partial charge in [-0.1, -0.05) is 37.3 Å². The second kappa shape index (κ2) is 4.53. The lowest BCUT2D eigenvalue weighted by atomic mass is 9.96. The van der Waals surface area contributed by atoms with E-state index in [1.807, 2.05) is 6.07 Å². The molecule has 0 aliphatic heterocycles. The molecular formula is C14H17N3O. The second-order valence-corrected chi connectivity index (χ2v) is 4.73. The van der Waals surface area contributed by atoms with Gasteiger partial charge in [0.1, 0.15) is 0 Å². The minimum atomic E-state index is -0.0152. The van der Waals surface area contributed by atoms with Crippen molar-refractivity contribution in [2.45, 2.75) is 31.7 Å². The van der Waals surface area contributed by atoms with Crippen LogP contribution in [0.25, 0.3) is 0 Å². The molecule has 0 saturated heterocycles. The topological polar surface area (TPSA) is 51.0 Å². The highest BCUT2D eigenvalue weighted by atomic mass is 16.4. The number of rotatable bonds is 5. The zero-order valence-corrected chi connectivity index (χ0v) is 10.5. The van der Waals surface area contributed by atoms with E-state index in [0.717, 1.165) is 25.3 Å². The van der Waals surface area contributed by atoms with Crippen molar-refractivity contribution in [3.63, 3.8) is 0 Å². The molecule has 1 aromatic heterocycles. The van der Waals surface area contributed by atoms with Gasteiger partial charge in [-0.05, 0) is 24.9 Å². The first kappa shape index (κ1) is 11.4. The monoisotopic (exact) mass is 243 g/mol. The van der Waals surface area contributed by atoms with E-state index < -0.39 is 0 Å². The molecule has 3 rings (SSSR count). The summed E-state index contributed by atoms with van der Waals surface area (Å²) < 4.78 is 5.78. The highest BCUT2D eigenvalue weighted by molar-refractivity contribution is 5.37. The SMILES string of the molecule is CCNCc1nnc(C2(c3ccccc3)CC2)o1. The lowest BCUT2D eigenvalue weighted by Crippen LogP contribution is -2.12. The van der Waals surface area contributed by atoms with Crippen molar-refractivity contribution in [2.75, 3.05) is 6.54 Å². The summed E-state index contributed by atoms with van der Waals surface area (Å²) in [5, 5.41) is 11.5. The predicted octanol–water partition coefficient (Wildman–Crippen LogP) is 2.26. The van der Waals surface area contributed by atoms with E-state index in [4.69, 9.17) is 4.42 Å². The molecule has 4 heteroatoms. The van der Waals surface area contributed by atoms with Crippen LogP contribution >= 0.6 is 0 Å². The summed E-state index contributed by atoms with van der Waals surface area (Å²) in [6, 6.07) is 10.4. The molecule has 18 heavy (non-hydrogen) atoms. The number of benzene rings is 1. The minimum absolute atomic E-state index is 0.0152. The van der Waals surface area contributed by atoms with Gasteiger partial charge in [0.2, 0.25) is 11.8 Å². The van der Waals surface area contributed by atoms with Gasteiger partial charge < -0.3 is 9.73 Å². The van der Waals surface area contributed by atoms with Gasteiger partial charge in [0.05, 0.1) is 12.0 Å². The van der Waals surface area contributed by atoms with Crippen LogP contribution in [-0.2, 0) is 12.0 Å². The summed E-state index contributed by atoms with van der Waals surface area (Å²) in [6.45, 7) is 3.61. The van der Waals surface area contributed by atoms with Crippen LogP contribution in [0.2, 0.25) is 0 Å². The standard InChI is InChI=1S/C14H17N3O/c1-2-15-10-12-16-17-13(18-12)14(8-9-14)11-6-4-3-5-7-11/h3-7,15H,2,8-10H2,1H3. The zero-order valence-electron chi connectivity index (χ0n) is 10.5. The number of nitrogens with one attached hydrogen (secondary N) is 1. The van der Waals surface area contributed by atoms with E-state index in [2.05, 4.69) is 46.7 Å². The van der Waals surface area contributed by atoms with E-state index in [0.29, 0.717) is 12.4 Å². The van der Waals surface area contributed by atoms with Gasteiger partial charge in [-0.2, -0.15) is 0 Å². The maximum absolute atomic E-state index is 5.78. The minimum Gasteiger partial charge on any atom is -0.423 e. The fourth-order valence-corrected chi connectivity index (χ4v) is 2.26. The van der Waals surface area contributed by atoms with Crippen LogP contribution in [0.15, 0.2) is 34.7 Å². The molecule has 0 bridgehead atoms. The van der Waals surface area contributed by atoms with Gasteiger partial charge in [0.25, 0.3) is 0 Å². The van der Waals surface area contributed by atoms with Crippen LogP contribution in [0.5, 0.6) is 0 Å². The van der Waals surface area contributed by atoms with Crippen LogP contribution in [0.4, 0.5) is 0 Å². The molecule has 1 aliphatic rings. The van der Waals surface area contributed by atoms with Crippen LogP contribution < -0.4 is 5.32 Å². The molecule has 0 amide bonds. The molecule has 94 valence electrons. The normalized spacial score (nSPS) is 16.7. The Balaban J connectivity index is 1.84. The molecule has 0 atom stereocenters. The van der Waals surface area contributed by atoms with Crippen molar-refractivity contribution in [2.24, 2.45) is 0 Å². The van der Waals surface area contributed by atoms with Crippen LogP contribution in [0.1, 0.15) is 37.1 Å². The van der Waals surface area contributed by atoms with E-state index >= 15 is 0 Å². The van der Waals surface area contributed by atoms with Gasteiger partial charge in [-0.3, -0.25) is 0 Å². The summed E-state index contributed by atoms with van der Waals surface area (Å²) in [5.74, 6) is 1.44. The molecule has 0 spiro atoms. The molecule has 1 N–H and O–H groups in total. The Morgan fingerprint density at radius 1 is 1.22 bits per heavy atom. The lowest BCUT2D eigenvalue weighted by molar-refractivity contribution is 0.414. The molecular weight excluding hydrogens is 226 g/mol. The number of nitrogens with zero attached hydrogens (tertiary/aromatic N) is 2. The van der Waals surface area contributed by atoms with Crippen LogP contribution in [0.3, 0.4) is 0 Å². The highest BCUT2D eigenvalue weighted by Gasteiger charge is 2.50. The predicted molar refractivity (Wildman–Crippen MR) is 68.1 cm³/mol. The largest absolute Gasteiger partial charge is 0.423 e. The quantitative estimate of drug-likeness (QED) is 0.875.